The van der Waals surface area contributed by atoms with Gasteiger partial charge in [0.15, 0.2) is 0 Å². The topological polar surface area (TPSA) is 78.1 Å². The lowest BCUT2D eigenvalue weighted by Gasteiger charge is -2.35. The summed E-state index contributed by atoms with van der Waals surface area (Å²) in [6, 6.07) is 14.2. The minimum absolute atomic E-state index is 0.0260. The maximum atomic E-state index is 13.0. The van der Waals surface area contributed by atoms with Crippen LogP contribution in [0.5, 0.6) is 0 Å². The number of aromatic amines is 1. The summed E-state index contributed by atoms with van der Waals surface area (Å²) in [5, 5.41) is 11.2. The zero-order chi connectivity index (χ0) is 21.1. The molecule has 1 aliphatic carbocycles. The van der Waals surface area contributed by atoms with E-state index in [9.17, 15) is 9.59 Å². The lowest BCUT2D eigenvalue weighted by molar-refractivity contribution is -0.121. The van der Waals surface area contributed by atoms with Crippen LogP contribution in [0.15, 0.2) is 48.7 Å². The summed E-state index contributed by atoms with van der Waals surface area (Å²) in [6.45, 7) is 1.86. The molecule has 156 valence electrons. The molecule has 2 atom stereocenters. The molecule has 3 aromatic rings. The van der Waals surface area contributed by atoms with Crippen molar-refractivity contribution in [3.8, 4) is 11.1 Å². The Labute approximate surface area is 176 Å². The fourth-order valence-electron chi connectivity index (χ4n) is 4.27. The van der Waals surface area contributed by atoms with Gasteiger partial charge in [-0.3, -0.25) is 14.7 Å². The largest absolute Gasteiger partial charge is 0.353 e. The molecule has 4 rings (SSSR count). The highest BCUT2D eigenvalue weighted by atomic mass is 16.2. The summed E-state index contributed by atoms with van der Waals surface area (Å²) in [5.41, 5.74) is 3.82. The lowest BCUT2D eigenvalue weighted by Crippen LogP contribution is -2.46. The van der Waals surface area contributed by atoms with Crippen LogP contribution in [-0.2, 0) is 4.79 Å². The zero-order valence-electron chi connectivity index (χ0n) is 17.5. The van der Waals surface area contributed by atoms with Crippen molar-refractivity contribution in [3.05, 3.63) is 54.2 Å². The van der Waals surface area contributed by atoms with Crippen molar-refractivity contribution in [2.45, 2.75) is 51.1 Å². The van der Waals surface area contributed by atoms with Gasteiger partial charge in [0, 0.05) is 36.5 Å². The Balaban J connectivity index is 1.44. The molecular weight excluding hydrogens is 376 g/mol. The summed E-state index contributed by atoms with van der Waals surface area (Å²) in [4.78, 5) is 26.6. The fraction of sp³-hybridized carbons (Fsp3) is 0.375. The Morgan fingerprint density at radius 2 is 1.90 bits per heavy atom. The molecule has 0 radical (unpaired) electrons. The van der Waals surface area contributed by atoms with Crippen LogP contribution in [0.25, 0.3) is 22.0 Å². The van der Waals surface area contributed by atoms with Gasteiger partial charge >= 0.3 is 0 Å². The highest BCUT2D eigenvalue weighted by Gasteiger charge is 2.28. The summed E-state index contributed by atoms with van der Waals surface area (Å²) < 4.78 is 0. The molecule has 0 spiro atoms. The molecule has 0 unspecified atom stereocenters. The highest BCUT2D eigenvalue weighted by molar-refractivity contribution is 5.95. The van der Waals surface area contributed by atoms with E-state index in [-0.39, 0.29) is 23.9 Å². The third-order valence-electron chi connectivity index (χ3n) is 6.11. The number of rotatable bonds is 5. The molecule has 2 aromatic carbocycles. The molecular formula is C24H28N4O2. The van der Waals surface area contributed by atoms with Crippen LogP contribution >= 0.6 is 0 Å². The van der Waals surface area contributed by atoms with E-state index in [0.717, 1.165) is 47.7 Å². The molecule has 30 heavy (non-hydrogen) atoms. The van der Waals surface area contributed by atoms with Gasteiger partial charge in [0.1, 0.15) is 0 Å². The van der Waals surface area contributed by atoms with Gasteiger partial charge in [0.2, 0.25) is 5.91 Å². The van der Waals surface area contributed by atoms with Gasteiger partial charge in [-0.2, -0.15) is 5.10 Å². The number of nitrogens with zero attached hydrogens (tertiary/aromatic N) is 2. The van der Waals surface area contributed by atoms with E-state index in [0.29, 0.717) is 12.0 Å². The van der Waals surface area contributed by atoms with Gasteiger partial charge in [0.25, 0.3) is 5.91 Å². The number of amides is 2. The van der Waals surface area contributed by atoms with Gasteiger partial charge in [-0.1, -0.05) is 31.2 Å². The number of hydrogen-bond donors (Lipinski definition) is 2. The fourth-order valence-corrected chi connectivity index (χ4v) is 4.27. The van der Waals surface area contributed by atoms with Gasteiger partial charge in [-0.25, -0.2) is 0 Å². The first-order valence-electron chi connectivity index (χ1n) is 10.6. The number of fused-ring (bicyclic) bond motifs is 1. The van der Waals surface area contributed by atoms with E-state index in [1.54, 1.807) is 6.20 Å². The van der Waals surface area contributed by atoms with E-state index in [1.165, 1.54) is 0 Å². The van der Waals surface area contributed by atoms with Crippen molar-refractivity contribution in [2.24, 2.45) is 0 Å². The van der Waals surface area contributed by atoms with E-state index < -0.39 is 0 Å². The van der Waals surface area contributed by atoms with Crippen LogP contribution in [0.4, 0.5) is 0 Å². The third kappa shape index (κ3) is 4.22. The summed E-state index contributed by atoms with van der Waals surface area (Å²) >= 11 is 0. The molecule has 1 fully saturated rings. The first kappa shape index (κ1) is 20.1. The average molecular weight is 405 g/mol. The summed E-state index contributed by atoms with van der Waals surface area (Å²) in [5.74, 6) is 0.108. The van der Waals surface area contributed by atoms with Crippen LogP contribution < -0.4 is 5.32 Å². The van der Waals surface area contributed by atoms with Crippen LogP contribution in [0.2, 0.25) is 0 Å². The maximum absolute atomic E-state index is 13.0. The Morgan fingerprint density at radius 3 is 2.67 bits per heavy atom. The number of carbonyl (C=O) groups excluding carboxylic acids is 2. The number of hydrogen-bond acceptors (Lipinski definition) is 3. The van der Waals surface area contributed by atoms with E-state index in [1.807, 2.05) is 49.2 Å². The van der Waals surface area contributed by atoms with Crippen molar-refractivity contribution < 1.29 is 9.59 Å². The first-order valence-corrected chi connectivity index (χ1v) is 10.6. The van der Waals surface area contributed by atoms with Gasteiger partial charge in [-0.05, 0) is 55.0 Å². The molecule has 1 aromatic heterocycles. The van der Waals surface area contributed by atoms with Gasteiger partial charge in [0.05, 0.1) is 11.7 Å². The van der Waals surface area contributed by atoms with Crippen LogP contribution in [0, 0.1) is 0 Å². The van der Waals surface area contributed by atoms with E-state index >= 15 is 0 Å². The molecule has 1 heterocycles. The number of H-pyrrole nitrogens is 1. The molecule has 0 bridgehead atoms. The highest BCUT2D eigenvalue weighted by Crippen LogP contribution is 2.26. The molecule has 6 nitrogen and oxygen atoms in total. The Bertz CT molecular complexity index is 1040. The molecule has 0 saturated heterocycles. The van der Waals surface area contributed by atoms with Crippen molar-refractivity contribution in [3.63, 3.8) is 0 Å². The molecule has 0 aliphatic heterocycles. The predicted molar refractivity (Wildman–Crippen MR) is 118 cm³/mol. The zero-order valence-corrected chi connectivity index (χ0v) is 17.5. The summed E-state index contributed by atoms with van der Waals surface area (Å²) in [7, 11) is 1.87. The molecule has 1 aliphatic rings. The quantitative estimate of drug-likeness (QED) is 0.671. The minimum Gasteiger partial charge on any atom is -0.353 e. The molecule has 2 amide bonds. The third-order valence-corrected chi connectivity index (χ3v) is 6.11. The second-order valence-corrected chi connectivity index (χ2v) is 8.10. The Hall–Kier alpha value is -3.15. The van der Waals surface area contributed by atoms with Crippen molar-refractivity contribution in [2.75, 3.05) is 7.05 Å². The maximum Gasteiger partial charge on any atom is 0.253 e. The second kappa shape index (κ2) is 8.69. The number of nitrogens with one attached hydrogen (secondary N) is 2. The first-order chi connectivity index (χ1) is 14.5. The number of benzene rings is 2. The molecule has 1 saturated carbocycles. The lowest BCUT2D eigenvalue weighted by atomic mass is 9.89. The average Bonchev–Trinajstić information content (AvgIpc) is 3.26. The second-order valence-electron chi connectivity index (χ2n) is 8.10. The SMILES string of the molecule is CCC(=O)N[C@H]1CCC[C@@H](N(C)C(=O)c2ccc(-c3ccc4cn[nH]c4c3)cc2)C1. The number of carbonyl (C=O) groups is 2. The van der Waals surface area contributed by atoms with Crippen LogP contribution in [-0.4, -0.2) is 46.0 Å². The van der Waals surface area contributed by atoms with Gasteiger partial charge in [-0.15, -0.1) is 0 Å². The summed E-state index contributed by atoms with van der Waals surface area (Å²) in [6.07, 6.45) is 6.10. The Morgan fingerprint density at radius 1 is 1.13 bits per heavy atom. The van der Waals surface area contributed by atoms with Crippen LogP contribution in [0.1, 0.15) is 49.4 Å². The number of aromatic nitrogens is 2. The standard InChI is InChI=1S/C24H28N4O2/c1-3-23(29)26-20-5-4-6-21(14-20)28(2)24(30)17-9-7-16(8-10-17)18-11-12-19-15-25-27-22(19)13-18/h7-13,15,20-21H,3-6,14H2,1-2H3,(H,25,27)(H,26,29)/t20-,21+/m0/s1. The Kier molecular flexibility index (Phi) is 5.84. The molecule has 2 N–H and O–H groups in total. The minimum atomic E-state index is 0.0260. The molecule has 6 heteroatoms. The van der Waals surface area contributed by atoms with Gasteiger partial charge < -0.3 is 10.2 Å². The monoisotopic (exact) mass is 404 g/mol. The van der Waals surface area contributed by atoms with Crippen LogP contribution in [0.3, 0.4) is 0 Å². The van der Waals surface area contributed by atoms with E-state index in [4.69, 9.17) is 0 Å². The van der Waals surface area contributed by atoms with E-state index in [2.05, 4.69) is 27.6 Å². The van der Waals surface area contributed by atoms with Crippen molar-refractivity contribution in [1.82, 2.24) is 20.4 Å². The van der Waals surface area contributed by atoms with Crippen molar-refractivity contribution >= 4 is 22.7 Å². The normalized spacial score (nSPS) is 18.9. The van der Waals surface area contributed by atoms with Crippen molar-refractivity contribution in [1.29, 1.82) is 0 Å². The predicted octanol–water partition coefficient (Wildman–Crippen LogP) is 4.14. The smallest absolute Gasteiger partial charge is 0.253 e.